The first-order valence-corrected chi connectivity index (χ1v) is 7.72. The van der Waals surface area contributed by atoms with E-state index in [2.05, 4.69) is 21.3 Å². The molecule has 1 saturated carbocycles. The van der Waals surface area contributed by atoms with Crippen LogP contribution in [0.1, 0.15) is 37.7 Å². The van der Waals surface area contributed by atoms with Crippen molar-refractivity contribution in [3.05, 3.63) is 30.1 Å². The normalized spacial score (nSPS) is 21.9. The third-order valence-corrected chi connectivity index (χ3v) is 4.31. The van der Waals surface area contributed by atoms with Gasteiger partial charge in [-0.05, 0) is 56.3 Å². The summed E-state index contributed by atoms with van der Waals surface area (Å²) in [5.74, 6) is 1.02. The van der Waals surface area contributed by atoms with Crippen LogP contribution in [0.4, 0.5) is 0 Å². The molecule has 3 rings (SSSR count). The molecule has 1 atom stereocenters. The maximum Gasteiger partial charge on any atom is 0.223 e. The van der Waals surface area contributed by atoms with Gasteiger partial charge in [0.05, 0.1) is 0 Å². The summed E-state index contributed by atoms with van der Waals surface area (Å²) in [5.41, 5.74) is 1.13. The maximum atomic E-state index is 12.5. The highest BCUT2D eigenvalue weighted by molar-refractivity contribution is 5.76. The lowest BCUT2D eigenvalue weighted by Gasteiger charge is -2.23. The number of rotatable bonds is 6. The number of aromatic nitrogens is 1. The number of nitrogens with zero attached hydrogens (tertiary/aromatic N) is 2. The molecule has 4 heteroatoms. The SMILES string of the molecule is O=C(CCC1CCNC1)N(Cc1cccnc1)C1CC1. The minimum atomic E-state index is 0.322. The zero-order valence-electron chi connectivity index (χ0n) is 11.9. The number of amides is 1. The molecule has 1 aliphatic carbocycles. The van der Waals surface area contributed by atoms with Gasteiger partial charge in [-0.2, -0.15) is 0 Å². The monoisotopic (exact) mass is 273 g/mol. The van der Waals surface area contributed by atoms with Gasteiger partial charge in [-0.15, -0.1) is 0 Å². The van der Waals surface area contributed by atoms with Crippen LogP contribution in [0.3, 0.4) is 0 Å². The number of nitrogens with one attached hydrogen (secondary N) is 1. The standard InChI is InChI=1S/C16H23N3O/c20-16(6-3-13-7-9-18-10-13)19(15-4-5-15)12-14-2-1-8-17-11-14/h1-2,8,11,13,15,18H,3-7,9-10,12H2. The quantitative estimate of drug-likeness (QED) is 0.862. The minimum absolute atomic E-state index is 0.322. The summed E-state index contributed by atoms with van der Waals surface area (Å²) in [7, 11) is 0. The van der Waals surface area contributed by atoms with Crippen molar-refractivity contribution in [2.24, 2.45) is 5.92 Å². The molecule has 1 N–H and O–H groups in total. The first kappa shape index (κ1) is 13.6. The van der Waals surface area contributed by atoms with Crippen LogP contribution in [-0.2, 0) is 11.3 Å². The lowest BCUT2D eigenvalue weighted by Crippen LogP contribution is -2.32. The van der Waals surface area contributed by atoms with Crippen LogP contribution in [-0.4, -0.2) is 34.9 Å². The van der Waals surface area contributed by atoms with Gasteiger partial charge in [0.15, 0.2) is 0 Å². The maximum absolute atomic E-state index is 12.5. The van der Waals surface area contributed by atoms with Crippen LogP contribution in [0, 0.1) is 5.92 Å². The third-order valence-electron chi connectivity index (χ3n) is 4.31. The van der Waals surface area contributed by atoms with Crippen molar-refractivity contribution in [1.29, 1.82) is 0 Å². The molecule has 0 radical (unpaired) electrons. The topological polar surface area (TPSA) is 45.2 Å². The molecule has 2 fully saturated rings. The van der Waals surface area contributed by atoms with Crippen molar-refractivity contribution in [2.45, 2.75) is 44.7 Å². The lowest BCUT2D eigenvalue weighted by molar-refractivity contribution is -0.132. The summed E-state index contributed by atoms with van der Waals surface area (Å²) < 4.78 is 0. The Labute approximate surface area is 120 Å². The summed E-state index contributed by atoms with van der Waals surface area (Å²) in [6.07, 6.45) is 8.92. The van der Waals surface area contributed by atoms with Crippen molar-refractivity contribution in [3.8, 4) is 0 Å². The summed E-state index contributed by atoms with van der Waals surface area (Å²) in [6.45, 7) is 2.92. The van der Waals surface area contributed by atoms with E-state index in [0.29, 0.717) is 24.3 Å². The molecular weight excluding hydrogens is 250 g/mol. The van der Waals surface area contributed by atoms with Crippen LogP contribution >= 0.6 is 0 Å². The van der Waals surface area contributed by atoms with E-state index in [1.807, 2.05) is 12.3 Å². The van der Waals surface area contributed by atoms with E-state index < -0.39 is 0 Å². The van der Waals surface area contributed by atoms with E-state index in [1.54, 1.807) is 6.20 Å². The van der Waals surface area contributed by atoms with Crippen LogP contribution in [0.15, 0.2) is 24.5 Å². The Hall–Kier alpha value is -1.42. The van der Waals surface area contributed by atoms with Crippen molar-refractivity contribution in [2.75, 3.05) is 13.1 Å². The minimum Gasteiger partial charge on any atom is -0.335 e. The van der Waals surface area contributed by atoms with E-state index in [9.17, 15) is 4.79 Å². The molecule has 2 heterocycles. The largest absolute Gasteiger partial charge is 0.335 e. The highest BCUT2D eigenvalue weighted by atomic mass is 16.2. The van der Waals surface area contributed by atoms with E-state index in [-0.39, 0.29) is 0 Å². The van der Waals surface area contributed by atoms with Crippen molar-refractivity contribution in [1.82, 2.24) is 15.2 Å². The molecule has 1 unspecified atom stereocenters. The number of pyridine rings is 1. The van der Waals surface area contributed by atoms with Crippen LogP contribution < -0.4 is 5.32 Å². The molecule has 0 aromatic carbocycles. The van der Waals surface area contributed by atoms with Gasteiger partial charge in [0.25, 0.3) is 0 Å². The smallest absolute Gasteiger partial charge is 0.223 e. The molecule has 108 valence electrons. The highest BCUT2D eigenvalue weighted by Crippen LogP contribution is 2.29. The van der Waals surface area contributed by atoms with Crippen molar-refractivity contribution >= 4 is 5.91 Å². The van der Waals surface area contributed by atoms with Gasteiger partial charge in [-0.3, -0.25) is 9.78 Å². The van der Waals surface area contributed by atoms with Gasteiger partial charge in [0.2, 0.25) is 5.91 Å². The first-order valence-electron chi connectivity index (χ1n) is 7.72. The van der Waals surface area contributed by atoms with E-state index in [4.69, 9.17) is 0 Å². The number of hydrogen-bond acceptors (Lipinski definition) is 3. The molecule has 1 saturated heterocycles. The molecule has 1 amide bonds. The van der Waals surface area contributed by atoms with Gasteiger partial charge in [0.1, 0.15) is 0 Å². The molecule has 1 aromatic rings. The second kappa shape index (κ2) is 6.35. The van der Waals surface area contributed by atoms with Crippen molar-refractivity contribution < 1.29 is 4.79 Å². The zero-order chi connectivity index (χ0) is 13.8. The van der Waals surface area contributed by atoms with Gasteiger partial charge in [-0.25, -0.2) is 0 Å². The predicted octanol–water partition coefficient (Wildman–Crippen LogP) is 1.96. The molecule has 4 nitrogen and oxygen atoms in total. The molecule has 1 aromatic heterocycles. The average Bonchev–Trinajstić information content (AvgIpc) is 3.19. The molecule has 20 heavy (non-hydrogen) atoms. The molecule has 1 aliphatic heterocycles. The molecule has 0 bridgehead atoms. The van der Waals surface area contributed by atoms with E-state index in [0.717, 1.165) is 44.5 Å². The van der Waals surface area contributed by atoms with Gasteiger partial charge in [-0.1, -0.05) is 6.07 Å². The molecular formula is C16H23N3O. The van der Waals surface area contributed by atoms with E-state index in [1.165, 1.54) is 6.42 Å². The summed E-state index contributed by atoms with van der Waals surface area (Å²) in [6, 6.07) is 4.47. The molecule has 2 aliphatic rings. The first-order chi connectivity index (χ1) is 9.83. The Morgan fingerprint density at radius 2 is 2.30 bits per heavy atom. The fourth-order valence-electron chi connectivity index (χ4n) is 2.93. The van der Waals surface area contributed by atoms with Crippen LogP contribution in [0.5, 0.6) is 0 Å². The van der Waals surface area contributed by atoms with Crippen LogP contribution in [0.25, 0.3) is 0 Å². The fourth-order valence-corrected chi connectivity index (χ4v) is 2.93. The van der Waals surface area contributed by atoms with Gasteiger partial charge < -0.3 is 10.2 Å². The highest BCUT2D eigenvalue weighted by Gasteiger charge is 2.32. The number of carbonyl (C=O) groups is 1. The zero-order valence-corrected chi connectivity index (χ0v) is 11.9. The van der Waals surface area contributed by atoms with Gasteiger partial charge in [0, 0.05) is 31.4 Å². The van der Waals surface area contributed by atoms with E-state index >= 15 is 0 Å². The fraction of sp³-hybridized carbons (Fsp3) is 0.625. The Bertz CT molecular complexity index is 438. The average molecular weight is 273 g/mol. The second-order valence-corrected chi connectivity index (χ2v) is 6.01. The van der Waals surface area contributed by atoms with Gasteiger partial charge >= 0.3 is 0 Å². The predicted molar refractivity (Wildman–Crippen MR) is 78.0 cm³/mol. The Kier molecular flexibility index (Phi) is 4.31. The Morgan fingerprint density at radius 1 is 1.40 bits per heavy atom. The second-order valence-electron chi connectivity index (χ2n) is 6.01. The Balaban J connectivity index is 1.54. The Morgan fingerprint density at radius 3 is 2.95 bits per heavy atom. The van der Waals surface area contributed by atoms with Crippen molar-refractivity contribution in [3.63, 3.8) is 0 Å². The number of carbonyl (C=O) groups excluding carboxylic acids is 1. The molecule has 0 spiro atoms. The summed E-state index contributed by atoms with van der Waals surface area (Å²) in [5, 5.41) is 3.37. The summed E-state index contributed by atoms with van der Waals surface area (Å²) >= 11 is 0. The van der Waals surface area contributed by atoms with Crippen LogP contribution in [0.2, 0.25) is 0 Å². The summed E-state index contributed by atoms with van der Waals surface area (Å²) in [4.78, 5) is 18.7. The number of hydrogen-bond donors (Lipinski definition) is 1. The lowest BCUT2D eigenvalue weighted by atomic mass is 10.0. The third kappa shape index (κ3) is 3.57.